The van der Waals surface area contributed by atoms with E-state index in [1.807, 2.05) is 24.8 Å². The second-order valence-electron chi connectivity index (χ2n) is 3.97. The second kappa shape index (κ2) is 6.97. The summed E-state index contributed by atoms with van der Waals surface area (Å²) >= 11 is 3.40. The van der Waals surface area contributed by atoms with Gasteiger partial charge in [0.2, 0.25) is 0 Å². The molecule has 0 saturated heterocycles. The van der Waals surface area contributed by atoms with Crippen LogP contribution in [0.1, 0.15) is 19.4 Å². The second-order valence-corrected chi connectivity index (χ2v) is 4.53. The van der Waals surface area contributed by atoms with E-state index in [4.69, 9.17) is 4.74 Å². The Labute approximate surface area is 111 Å². The molecule has 1 rings (SSSR count). The van der Waals surface area contributed by atoms with Gasteiger partial charge in [-0.2, -0.15) is 0 Å². The maximum atomic E-state index is 14.0. The quantitative estimate of drug-likeness (QED) is 0.745. The molecule has 0 aliphatic heterocycles. The fourth-order valence-electron chi connectivity index (χ4n) is 2.01. The number of ether oxygens (including phenoxy) is 1. The topological polar surface area (TPSA) is 12.5 Å². The number of halogens is 2. The van der Waals surface area contributed by atoms with Gasteiger partial charge in [-0.15, -0.1) is 0 Å². The molecule has 1 unspecified atom stereocenters. The Morgan fingerprint density at radius 1 is 1.47 bits per heavy atom. The highest BCUT2D eigenvalue weighted by Gasteiger charge is 2.19. The van der Waals surface area contributed by atoms with Gasteiger partial charge in [0.15, 0.2) is 0 Å². The summed E-state index contributed by atoms with van der Waals surface area (Å²) in [5, 5.41) is 0.649. The Morgan fingerprint density at radius 3 is 2.71 bits per heavy atom. The van der Waals surface area contributed by atoms with Gasteiger partial charge >= 0.3 is 0 Å². The van der Waals surface area contributed by atoms with Gasteiger partial charge in [-0.05, 0) is 25.5 Å². The first kappa shape index (κ1) is 14.5. The zero-order chi connectivity index (χ0) is 12.8. The normalized spacial score (nSPS) is 12.5. The van der Waals surface area contributed by atoms with E-state index in [9.17, 15) is 4.39 Å². The van der Waals surface area contributed by atoms with Crippen molar-refractivity contribution < 1.29 is 9.13 Å². The molecule has 1 aromatic carbocycles. The van der Waals surface area contributed by atoms with Crippen LogP contribution in [0.4, 0.5) is 10.1 Å². The van der Waals surface area contributed by atoms with Crippen LogP contribution >= 0.6 is 15.9 Å². The van der Waals surface area contributed by atoms with Crippen molar-refractivity contribution in [2.75, 3.05) is 25.2 Å². The Kier molecular flexibility index (Phi) is 5.92. The van der Waals surface area contributed by atoms with Crippen LogP contribution < -0.4 is 4.90 Å². The summed E-state index contributed by atoms with van der Waals surface area (Å²) < 4.78 is 19.1. The van der Waals surface area contributed by atoms with Gasteiger partial charge in [-0.1, -0.05) is 28.1 Å². The van der Waals surface area contributed by atoms with Gasteiger partial charge in [0.25, 0.3) is 0 Å². The van der Waals surface area contributed by atoms with Crippen LogP contribution in [0.15, 0.2) is 18.2 Å². The molecule has 0 amide bonds. The molecule has 0 aliphatic carbocycles. The van der Waals surface area contributed by atoms with Gasteiger partial charge in [0, 0.05) is 25.0 Å². The highest BCUT2D eigenvalue weighted by molar-refractivity contribution is 9.08. The average molecular weight is 304 g/mol. The number of rotatable bonds is 6. The number of alkyl halides is 1. The van der Waals surface area contributed by atoms with Gasteiger partial charge in [0.1, 0.15) is 5.82 Å². The zero-order valence-corrected chi connectivity index (χ0v) is 12.1. The predicted molar refractivity (Wildman–Crippen MR) is 73.4 cm³/mol. The molecular formula is C13H19BrFNO. The largest absolute Gasteiger partial charge is 0.383 e. The SMILES string of the molecule is CCN(c1c(F)cccc1CBr)C(C)COC. The lowest BCUT2D eigenvalue weighted by atomic mass is 10.1. The molecule has 1 atom stereocenters. The van der Waals surface area contributed by atoms with E-state index in [1.165, 1.54) is 6.07 Å². The molecular weight excluding hydrogens is 285 g/mol. The molecule has 0 bridgehead atoms. The molecule has 0 spiro atoms. The summed E-state index contributed by atoms with van der Waals surface area (Å²) in [6.45, 7) is 5.41. The molecule has 0 fully saturated rings. The van der Waals surface area contributed by atoms with Crippen molar-refractivity contribution in [1.82, 2.24) is 0 Å². The summed E-state index contributed by atoms with van der Waals surface area (Å²) in [5.74, 6) is -0.174. The molecule has 0 aromatic heterocycles. The summed E-state index contributed by atoms with van der Waals surface area (Å²) in [4.78, 5) is 2.04. The van der Waals surface area contributed by atoms with Crippen LogP contribution in [0.5, 0.6) is 0 Å². The zero-order valence-electron chi connectivity index (χ0n) is 10.5. The third-order valence-electron chi connectivity index (χ3n) is 2.78. The van der Waals surface area contributed by atoms with Crippen molar-refractivity contribution in [3.8, 4) is 0 Å². The molecule has 96 valence electrons. The Morgan fingerprint density at radius 2 is 2.18 bits per heavy atom. The fraction of sp³-hybridized carbons (Fsp3) is 0.538. The number of anilines is 1. The minimum absolute atomic E-state index is 0.152. The average Bonchev–Trinajstić information content (AvgIpc) is 2.32. The molecule has 0 radical (unpaired) electrons. The number of methoxy groups -OCH3 is 1. The molecule has 0 N–H and O–H groups in total. The lowest BCUT2D eigenvalue weighted by Crippen LogP contribution is -2.37. The van der Waals surface area contributed by atoms with Gasteiger partial charge < -0.3 is 9.64 Å². The van der Waals surface area contributed by atoms with E-state index in [1.54, 1.807) is 13.2 Å². The van der Waals surface area contributed by atoms with Crippen LogP contribution in [0.3, 0.4) is 0 Å². The number of para-hydroxylation sites is 1. The van der Waals surface area contributed by atoms with E-state index in [0.29, 0.717) is 17.6 Å². The van der Waals surface area contributed by atoms with E-state index in [-0.39, 0.29) is 11.9 Å². The molecule has 2 nitrogen and oxygen atoms in total. The molecule has 0 heterocycles. The van der Waals surface area contributed by atoms with Crippen LogP contribution in [0, 0.1) is 5.82 Å². The van der Waals surface area contributed by atoms with Crippen LogP contribution in [-0.2, 0) is 10.1 Å². The fourth-order valence-corrected chi connectivity index (χ4v) is 2.46. The number of hydrogen-bond acceptors (Lipinski definition) is 2. The van der Waals surface area contributed by atoms with Crippen LogP contribution in [0.25, 0.3) is 0 Å². The molecule has 17 heavy (non-hydrogen) atoms. The van der Waals surface area contributed by atoms with Gasteiger partial charge in [-0.25, -0.2) is 4.39 Å². The number of benzene rings is 1. The van der Waals surface area contributed by atoms with Crippen molar-refractivity contribution >= 4 is 21.6 Å². The summed E-state index contributed by atoms with van der Waals surface area (Å²) in [5.41, 5.74) is 1.64. The predicted octanol–water partition coefficient (Wildman–Crippen LogP) is 3.58. The molecule has 0 aliphatic rings. The van der Waals surface area contributed by atoms with E-state index in [2.05, 4.69) is 15.9 Å². The maximum Gasteiger partial charge on any atom is 0.146 e. The van der Waals surface area contributed by atoms with E-state index >= 15 is 0 Å². The Balaban J connectivity index is 3.10. The third-order valence-corrected chi connectivity index (χ3v) is 3.39. The standard InChI is InChI=1S/C13H19BrFNO/c1-4-16(10(2)9-17-3)13-11(8-14)6-5-7-12(13)15/h5-7,10H,4,8-9H2,1-3H3. The molecule has 0 saturated carbocycles. The lowest BCUT2D eigenvalue weighted by Gasteiger charge is -2.31. The van der Waals surface area contributed by atoms with Crippen molar-refractivity contribution in [2.24, 2.45) is 0 Å². The number of hydrogen-bond donors (Lipinski definition) is 0. The first-order valence-corrected chi connectivity index (χ1v) is 6.86. The first-order chi connectivity index (χ1) is 8.15. The Hall–Kier alpha value is -0.610. The summed E-state index contributed by atoms with van der Waals surface area (Å²) in [6.07, 6.45) is 0. The number of likely N-dealkylation sites (N-methyl/N-ethyl adjacent to an activating group) is 1. The smallest absolute Gasteiger partial charge is 0.146 e. The third kappa shape index (κ3) is 3.42. The van der Waals surface area contributed by atoms with Gasteiger partial charge in [0.05, 0.1) is 12.3 Å². The Bertz CT molecular complexity index is 359. The minimum Gasteiger partial charge on any atom is -0.383 e. The van der Waals surface area contributed by atoms with E-state index in [0.717, 1.165) is 12.1 Å². The first-order valence-electron chi connectivity index (χ1n) is 5.74. The van der Waals surface area contributed by atoms with Crippen molar-refractivity contribution in [1.29, 1.82) is 0 Å². The maximum absolute atomic E-state index is 14.0. The van der Waals surface area contributed by atoms with Crippen molar-refractivity contribution in [3.63, 3.8) is 0 Å². The summed E-state index contributed by atoms with van der Waals surface area (Å²) in [6, 6.07) is 5.34. The van der Waals surface area contributed by atoms with E-state index < -0.39 is 0 Å². The van der Waals surface area contributed by atoms with Gasteiger partial charge in [-0.3, -0.25) is 0 Å². The van der Waals surface area contributed by atoms with Crippen LogP contribution in [0.2, 0.25) is 0 Å². The lowest BCUT2D eigenvalue weighted by molar-refractivity contribution is 0.181. The summed E-state index contributed by atoms with van der Waals surface area (Å²) in [7, 11) is 1.66. The molecule has 4 heteroatoms. The molecule has 1 aromatic rings. The monoisotopic (exact) mass is 303 g/mol. The highest BCUT2D eigenvalue weighted by atomic mass is 79.9. The minimum atomic E-state index is -0.174. The van der Waals surface area contributed by atoms with Crippen molar-refractivity contribution in [2.45, 2.75) is 25.2 Å². The van der Waals surface area contributed by atoms with Crippen molar-refractivity contribution in [3.05, 3.63) is 29.6 Å². The van der Waals surface area contributed by atoms with Crippen LogP contribution in [-0.4, -0.2) is 26.3 Å². The number of nitrogens with zero attached hydrogens (tertiary/aromatic N) is 1. The highest BCUT2D eigenvalue weighted by Crippen LogP contribution is 2.27.